The highest BCUT2D eigenvalue weighted by Crippen LogP contribution is 2.34. The molecule has 2 aromatic rings. The van der Waals surface area contributed by atoms with Gasteiger partial charge in [-0.1, -0.05) is 41.9 Å². The summed E-state index contributed by atoms with van der Waals surface area (Å²) in [7, 11) is 1.26. The summed E-state index contributed by atoms with van der Waals surface area (Å²) in [6.45, 7) is 0. The number of halogens is 2. The van der Waals surface area contributed by atoms with Gasteiger partial charge in [-0.25, -0.2) is 4.79 Å². The molecular formula is C16H15Cl2NO3. The molecule has 4 nitrogen and oxygen atoms in total. The Balaban J connectivity index is 2.35. The summed E-state index contributed by atoms with van der Waals surface area (Å²) in [6, 6.07) is 15.3. The smallest absolute Gasteiger partial charge is 0.349 e. The van der Waals surface area contributed by atoms with Gasteiger partial charge in [-0.15, -0.1) is 0 Å². The molecule has 1 N–H and O–H groups in total. The Hall–Kier alpha value is -1.91. The molecule has 0 amide bonds. The molecule has 1 atom stereocenters. The first-order valence-corrected chi connectivity index (χ1v) is 7.25. The molecule has 0 saturated carbocycles. The van der Waals surface area contributed by atoms with Gasteiger partial charge in [-0.3, -0.25) is 4.42 Å². The maximum absolute atomic E-state index is 12.2. The largest absolute Gasteiger partial charge is 0.508 e. The number of benzene rings is 2. The van der Waals surface area contributed by atoms with Gasteiger partial charge in [0.2, 0.25) is 5.00 Å². The minimum Gasteiger partial charge on any atom is -0.508 e. The number of hydrogen-bond acceptors (Lipinski definition) is 4. The second kappa shape index (κ2) is 6.90. The third kappa shape index (κ3) is 3.46. The van der Waals surface area contributed by atoms with Crippen molar-refractivity contribution in [2.24, 2.45) is 0 Å². The van der Waals surface area contributed by atoms with E-state index < -0.39 is 11.0 Å². The molecule has 0 aromatic heterocycles. The number of ether oxygens (including phenoxy) is 1. The highest BCUT2D eigenvalue weighted by molar-refractivity contribution is 6.43. The fourth-order valence-electron chi connectivity index (χ4n) is 2.03. The Morgan fingerprint density at radius 1 is 1.18 bits per heavy atom. The summed E-state index contributed by atoms with van der Waals surface area (Å²) in [5.74, 6) is -0.533. The highest BCUT2D eigenvalue weighted by atomic mass is 35.5. The molecule has 116 valence electrons. The number of nitrogens with zero attached hydrogens (tertiary/aromatic N) is 1. The van der Waals surface area contributed by atoms with Crippen LogP contribution in [0.15, 0.2) is 54.6 Å². The van der Waals surface area contributed by atoms with Crippen molar-refractivity contribution in [3.05, 3.63) is 60.2 Å². The van der Waals surface area contributed by atoms with E-state index in [4.69, 9.17) is 28.1 Å². The van der Waals surface area contributed by atoms with Crippen LogP contribution in [0.4, 0.5) is 5.69 Å². The zero-order valence-electron chi connectivity index (χ0n) is 11.9. The zero-order valence-corrected chi connectivity index (χ0v) is 13.4. The molecule has 0 heterocycles. The van der Waals surface area contributed by atoms with E-state index >= 15 is 0 Å². The monoisotopic (exact) mass is 339 g/mol. The first kappa shape index (κ1) is 16.5. The van der Waals surface area contributed by atoms with Crippen LogP contribution in [0, 0.1) is 0 Å². The van der Waals surface area contributed by atoms with Crippen molar-refractivity contribution < 1.29 is 14.6 Å². The Labute approximate surface area is 138 Å². The van der Waals surface area contributed by atoms with Crippen LogP contribution in [-0.4, -0.2) is 23.2 Å². The van der Waals surface area contributed by atoms with Gasteiger partial charge in [0.25, 0.3) is 0 Å². The van der Waals surface area contributed by atoms with Crippen LogP contribution in [0.3, 0.4) is 0 Å². The molecule has 1 unspecified atom stereocenters. The second-order valence-corrected chi connectivity index (χ2v) is 5.67. The summed E-state index contributed by atoms with van der Waals surface area (Å²) in [6.07, 6.45) is 0.111. The van der Waals surface area contributed by atoms with Crippen LogP contribution >= 0.6 is 23.4 Å². The van der Waals surface area contributed by atoms with Crippen molar-refractivity contribution in [3.8, 4) is 5.75 Å². The Morgan fingerprint density at radius 3 is 2.32 bits per heavy atom. The van der Waals surface area contributed by atoms with Crippen molar-refractivity contribution in [2.75, 3.05) is 11.5 Å². The maximum Gasteiger partial charge on any atom is 0.349 e. The number of carbonyl (C=O) groups is 1. The van der Waals surface area contributed by atoms with Crippen molar-refractivity contribution in [1.29, 1.82) is 0 Å². The number of aromatic hydroxyl groups is 1. The maximum atomic E-state index is 12.2. The van der Waals surface area contributed by atoms with Crippen molar-refractivity contribution in [2.45, 2.75) is 11.4 Å². The second-order valence-electron chi connectivity index (χ2n) is 4.71. The van der Waals surface area contributed by atoms with Gasteiger partial charge in [0.15, 0.2) is 0 Å². The predicted molar refractivity (Wildman–Crippen MR) is 87.2 cm³/mol. The molecule has 6 heteroatoms. The Morgan fingerprint density at radius 2 is 1.77 bits per heavy atom. The molecule has 0 spiro atoms. The van der Waals surface area contributed by atoms with E-state index in [0.717, 1.165) is 9.98 Å². The van der Waals surface area contributed by atoms with Gasteiger partial charge < -0.3 is 9.84 Å². The van der Waals surface area contributed by atoms with Crippen LogP contribution in [0.25, 0.3) is 0 Å². The van der Waals surface area contributed by atoms with Crippen LogP contribution in [-0.2, 0) is 16.0 Å². The lowest BCUT2D eigenvalue weighted by Gasteiger charge is -2.33. The van der Waals surface area contributed by atoms with Crippen LogP contribution in [0.5, 0.6) is 5.75 Å². The predicted octanol–water partition coefficient (Wildman–Crippen LogP) is 3.70. The summed E-state index contributed by atoms with van der Waals surface area (Å²) in [5.41, 5.74) is 1.31. The molecule has 0 aliphatic rings. The first-order valence-electron chi connectivity index (χ1n) is 6.53. The molecule has 0 aliphatic carbocycles. The molecule has 0 saturated heterocycles. The Kier molecular flexibility index (Phi) is 5.16. The molecule has 0 aliphatic heterocycles. The van der Waals surface area contributed by atoms with Crippen molar-refractivity contribution in [1.82, 2.24) is 0 Å². The molecular weight excluding hydrogens is 325 g/mol. The third-order valence-electron chi connectivity index (χ3n) is 3.17. The lowest BCUT2D eigenvalue weighted by molar-refractivity contribution is -0.143. The van der Waals surface area contributed by atoms with Crippen molar-refractivity contribution in [3.63, 3.8) is 0 Å². The number of phenols is 1. The molecule has 22 heavy (non-hydrogen) atoms. The molecule has 2 rings (SSSR count). The van der Waals surface area contributed by atoms with Gasteiger partial charge in [-0.2, -0.15) is 0 Å². The van der Waals surface area contributed by atoms with Crippen molar-refractivity contribution >= 4 is 35.0 Å². The highest BCUT2D eigenvalue weighted by Gasteiger charge is 2.44. The zero-order chi connectivity index (χ0) is 16.2. The minimum atomic E-state index is -1.60. The SMILES string of the molecule is COC(=O)C(Cl)(Cc1ccc(O)cc1)N(Cl)c1ccccc1. The summed E-state index contributed by atoms with van der Waals surface area (Å²) >= 11 is 12.8. The summed E-state index contributed by atoms with van der Waals surface area (Å²) < 4.78 is 5.97. The average Bonchev–Trinajstić information content (AvgIpc) is 2.56. The van der Waals surface area contributed by atoms with Gasteiger partial charge in [0.05, 0.1) is 12.8 Å². The summed E-state index contributed by atoms with van der Waals surface area (Å²) in [5, 5.41) is 9.34. The van der Waals surface area contributed by atoms with E-state index in [-0.39, 0.29) is 12.2 Å². The number of phenolic OH excluding ortho intramolecular Hbond substituents is 1. The fraction of sp³-hybridized carbons (Fsp3) is 0.188. The van der Waals surface area contributed by atoms with Crippen LogP contribution in [0.2, 0.25) is 0 Å². The number of alkyl halides is 1. The molecule has 2 aromatic carbocycles. The van der Waals surface area contributed by atoms with Gasteiger partial charge in [0, 0.05) is 18.2 Å². The first-order chi connectivity index (χ1) is 10.5. The minimum absolute atomic E-state index is 0.111. The Bertz CT molecular complexity index is 634. The topological polar surface area (TPSA) is 49.8 Å². The molecule has 0 bridgehead atoms. The van der Waals surface area contributed by atoms with E-state index in [2.05, 4.69) is 0 Å². The van der Waals surface area contributed by atoms with E-state index in [1.54, 1.807) is 36.4 Å². The standard InChI is InChI=1S/C16H15Cl2NO3/c1-22-15(21)16(17,11-12-7-9-14(20)10-8-12)19(18)13-5-3-2-4-6-13/h2-10,20H,11H2,1H3. The number of esters is 1. The van der Waals surface area contributed by atoms with E-state index in [1.165, 1.54) is 19.2 Å². The van der Waals surface area contributed by atoms with Crippen LogP contribution < -0.4 is 4.42 Å². The lowest BCUT2D eigenvalue weighted by atomic mass is 10.0. The number of para-hydroxylation sites is 1. The number of hydrogen-bond donors (Lipinski definition) is 1. The lowest BCUT2D eigenvalue weighted by Crippen LogP contribution is -2.48. The number of carbonyl (C=O) groups excluding carboxylic acids is 1. The normalized spacial score (nSPS) is 13.2. The quantitative estimate of drug-likeness (QED) is 0.390. The van der Waals surface area contributed by atoms with Gasteiger partial charge in [0.1, 0.15) is 5.75 Å². The van der Waals surface area contributed by atoms with Gasteiger partial charge >= 0.3 is 5.97 Å². The van der Waals surface area contributed by atoms with Crippen LogP contribution in [0.1, 0.15) is 5.56 Å². The van der Waals surface area contributed by atoms with E-state index in [9.17, 15) is 9.90 Å². The number of methoxy groups -OCH3 is 1. The van der Waals surface area contributed by atoms with Gasteiger partial charge in [-0.05, 0) is 29.8 Å². The number of rotatable bonds is 5. The average molecular weight is 340 g/mol. The number of anilines is 1. The molecule has 0 radical (unpaired) electrons. The third-order valence-corrected chi connectivity index (χ3v) is 4.19. The van der Waals surface area contributed by atoms with E-state index in [1.807, 2.05) is 6.07 Å². The molecule has 0 fully saturated rings. The van der Waals surface area contributed by atoms with E-state index in [0.29, 0.717) is 5.69 Å². The summed E-state index contributed by atoms with van der Waals surface area (Å²) in [4.78, 5) is 10.6. The fourth-order valence-corrected chi connectivity index (χ4v) is 2.60.